The fraction of sp³-hybridized carbons (Fsp3) is 0.652. The number of hydrogen-bond acceptors (Lipinski definition) is 7. The van der Waals surface area contributed by atoms with E-state index in [-0.39, 0.29) is 17.6 Å². The number of aliphatic hydroxyl groups excluding tert-OH is 1. The zero-order chi connectivity index (χ0) is 22.9. The maximum atomic E-state index is 13.2. The van der Waals surface area contributed by atoms with Crippen LogP contribution in [0.5, 0.6) is 0 Å². The van der Waals surface area contributed by atoms with Gasteiger partial charge in [0.2, 0.25) is 0 Å². The molecule has 2 aromatic heterocycles. The number of nitrogens with zero attached hydrogens (tertiary/aromatic N) is 4. The molecule has 170 valence electrons. The molecule has 0 bridgehead atoms. The molecule has 2 heterocycles. The van der Waals surface area contributed by atoms with Crippen molar-refractivity contribution in [1.82, 2.24) is 19.7 Å². The van der Waals surface area contributed by atoms with Gasteiger partial charge in [0.1, 0.15) is 17.2 Å². The van der Waals surface area contributed by atoms with E-state index in [1.54, 1.807) is 18.6 Å². The average Bonchev–Trinajstić information content (AvgIpc) is 3.11. The first-order valence-electron chi connectivity index (χ1n) is 10.9. The third-order valence-electron chi connectivity index (χ3n) is 5.48. The Labute approximate surface area is 184 Å². The fourth-order valence-corrected chi connectivity index (χ4v) is 3.96. The smallest absolute Gasteiger partial charge is 0.312 e. The number of hydrogen-bond donors (Lipinski definition) is 2. The molecule has 0 amide bonds. The van der Waals surface area contributed by atoms with Gasteiger partial charge < -0.3 is 15.2 Å². The van der Waals surface area contributed by atoms with E-state index in [2.05, 4.69) is 36.2 Å². The summed E-state index contributed by atoms with van der Waals surface area (Å²) in [6.07, 6.45) is 7.46. The molecule has 0 saturated heterocycles. The quantitative estimate of drug-likeness (QED) is 0.693. The number of carbonyl (C=O) groups is 1. The molecular weight excluding hydrogens is 394 g/mol. The van der Waals surface area contributed by atoms with Crippen LogP contribution in [0.25, 0.3) is 0 Å². The number of rotatable bonds is 5. The third-order valence-corrected chi connectivity index (χ3v) is 5.48. The lowest BCUT2D eigenvalue weighted by molar-refractivity contribution is -0.171. The van der Waals surface area contributed by atoms with Gasteiger partial charge in [-0.25, -0.2) is 9.67 Å². The number of anilines is 2. The summed E-state index contributed by atoms with van der Waals surface area (Å²) < 4.78 is 7.66. The Hall–Kier alpha value is -2.48. The Balaban J connectivity index is 1.83. The topological polar surface area (TPSA) is 102 Å². The summed E-state index contributed by atoms with van der Waals surface area (Å²) in [5.74, 6) is 1.19. The fourth-order valence-electron chi connectivity index (χ4n) is 3.96. The van der Waals surface area contributed by atoms with Crippen LogP contribution in [0.1, 0.15) is 72.9 Å². The largest absolute Gasteiger partial charge is 0.460 e. The minimum atomic E-state index is -0.701. The Morgan fingerprint density at radius 2 is 1.90 bits per heavy atom. The Bertz CT molecular complexity index is 902. The Morgan fingerprint density at radius 3 is 2.52 bits per heavy atom. The summed E-state index contributed by atoms with van der Waals surface area (Å²) in [5, 5.41) is 17.7. The molecule has 1 saturated carbocycles. The highest BCUT2D eigenvalue weighted by Crippen LogP contribution is 2.41. The van der Waals surface area contributed by atoms with Gasteiger partial charge >= 0.3 is 5.97 Å². The molecule has 0 atom stereocenters. The predicted molar refractivity (Wildman–Crippen MR) is 119 cm³/mol. The SMILES string of the molecule is CC(C)(C)OC(=O)[C@]1(Cc2cncc(Nc3ccnn3C(C)(C)C)n2)CC[C@H](O)CC1. The van der Waals surface area contributed by atoms with Gasteiger partial charge in [0, 0.05) is 18.7 Å². The third kappa shape index (κ3) is 5.81. The van der Waals surface area contributed by atoms with Crippen LogP contribution >= 0.6 is 0 Å². The highest BCUT2D eigenvalue weighted by molar-refractivity contribution is 5.77. The predicted octanol–water partition coefficient (Wildman–Crippen LogP) is 3.98. The van der Waals surface area contributed by atoms with Crippen molar-refractivity contribution in [2.45, 2.75) is 90.9 Å². The van der Waals surface area contributed by atoms with E-state index in [1.807, 2.05) is 31.5 Å². The van der Waals surface area contributed by atoms with Crippen LogP contribution in [0.4, 0.5) is 11.6 Å². The van der Waals surface area contributed by atoms with E-state index in [0.29, 0.717) is 43.6 Å². The molecule has 2 aromatic rings. The molecule has 8 heteroatoms. The highest BCUT2D eigenvalue weighted by atomic mass is 16.6. The van der Waals surface area contributed by atoms with Gasteiger partial charge in [-0.1, -0.05) is 0 Å². The number of ether oxygens (including phenoxy) is 1. The molecule has 0 spiro atoms. The first kappa shape index (κ1) is 23.2. The minimum Gasteiger partial charge on any atom is -0.460 e. The summed E-state index contributed by atoms with van der Waals surface area (Å²) in [7, 11) is 0. The number of esters is 1. The Morgan fingerprint density at radius 1 is 1.23 bits per heavy atom. The molecule has 1 fully saturated rings. The minimum absolute atomic E-state index is 0.180. The van der Waals surface area contributed by atoms with Crippen molar-refractivity contribution < 1.29 is 14.6 Å². The van der Waals surface area contributed by atoms with Gasteiger partial charge in [0.25, 0.3) is 0 Å². The van der Waals surface area contributed by atoms with Crippen LogP contribution in [0.3, 0.4) is 0 Å². The van der Waals surface area contributed by atoms with E-state index in [9.17, 15) is 9.90 Å². The number of nitrogens with one attached hydrogen (secondary N) is 1. The van der Waals surface area contributed by atoms with E-state index >= 15 is 0 Å². The second-order valence-electron chi connectivity index (χ2n) is 10.5. The summed E-state index contributed by atoms with van der Waals surface area (Å²) in [6.45, 7) is 11.9. The van der Waals surface area contributed by atoms with Crippen LogP contribution < -0.4 is 5.32 Å². The van der Waals surface area contributed by atoms with Gasteiger partial charge in [0.15, 0.2) is 0 Å². The van der Waals surface area contributed by atoms with Gasteiger partial charge in [-0.3, -0.25) is 9.78 Å². The lowest BCUT2D eigenvalue weighted by Gasteiger charge is -2.38. The van der Waals surface area contributed by atoms with Crippen LogP contribution in [0.2, 0.25) is 0 Å². The molecule has 0 aliphatic heterocycles. The van der Waals surface area contributed by atoms with E-state index in [0.717, 1.165) is 5.82 Å². The second-order valence-corrected chi connectivity index (χ2v) is 10.5. The van der Waals surface area contributed by atoms with Crippen molar-refractivity contribution in [2.24, 2.45) is 5.41 Å². The van der Waals surface area contributed by atoms with E-state index in [4.69, 9.17) is 9.72 Å². The monoisotopic (exact) mass is 429 g/mol. The number of aromatic nitrogens is 4. The maximum Gasteiger partial charge on any atom is 0.312 e. The molecule has 31 heavy (non-hydrogen) atoms. The van der Waals surface area contributed by atoms with Crippen molar-refractivity contribution >= 4 is 17.6 Å². The van der Waals surface area contributed by atoms with Crippen LogP contribution in [-0.2, 0) is 21.5 Å². The first-order chi connectivity index (χ1) is 14.4. The summed E-state index contributed by atoms with van der Waals surface area (Å²) in [5.41, 5.74) is -0.733. The summed E-state index contributed by atoms with van der Waals surface area (Å²) >= 11 is 0. The molecule has 8 nitrogen and oxygen atoms in total. The normalized spacial score (nSPS) is 22.2. The molecule has 0 radical (unpaired) electrons. The van der Waals surface area contributed by atoms with Crippen LogP contribution in [0.15, 0.2) is 24.7 Å². The highest BCUT2D eigenvalue weighted by Gasteiger charge is 2.44. The summed E-state index contributed by atoms with van der Waals surface area (Å²) in [6, 6.07) is 1.89. The second kappa shape index (κ2) is 8.57. The van der Waals surface area contributed by atoms with Crippen molar-refractivity contribution in [3.8, 4) is 0 Å². The van der Waals surface area contributed by atoms with Crippen LogP contribution in [0, 0.1) is 5.41 Å². The van der Waals surface area contributed by atoms with Crippen molar-refractivity contribution in [3.63, 3.8) is 0 Å². The standard InChI is InChI=1S/C23H35N5O3/c1-21(2,3)28-19(9-12-25-28)27-18-15-24-14-16(26-18)13-23(10-7-17(29)8-11-23)20(30)31-22(4,5)6/h9,12,14-15,17,29H,7-8,10-11,13H2,1-6H3,(H,26,27)/t17-,23+. The van der Waals surface area contributed by atoms with Crippen LogP contribution in [-0.4, -0.2) is 42.5 Å². The summed E-state index contributed by atoms with van der Waals surface area (Å²) in [4.78, 5) is 22.2. The van der Waals surface area contributed by atoms with E-state index in [1.165, 1.54) is 0 Å². The molecule has 0 unspecified atom stereocenters. The number of aliphatic hydroxyl groups is 1. The average molecular weight is 430 g/mol. The van der Waals surface area contributed by atoms with Gasteiger partial charge in [-0.2, -0.15) is 5.10 Å². The van der Waals surface area contributed by atoms with Gasteiger partial charge in [0.05, 0.1) is 35.1 Å². The molecular formula is C23H35N5O3. The molecule has 1 aliphatic rings. The molecule has 2 N–H and O–H groups in total. The zero-order valence-corrected chi connectivity index (χ0v) is 19.5. The zero-order valence-electron chi connectivity index (χ0n) is 19.5. The van der Waals surface area contributed by atoms with Gasteiger partial charge in [-0.15, -0.1) is 0 Å². The lowest BCUT2D eigenvalue weighted by Crippen LogP contribution is -2.43. The maximum absolute atomic E-state index is 13.2. The Kier molecular flexibility index (Phi) is 6.41. The van der Waals surface area contributed by atoms with Gasteiger partial charge in [-0.05, 0) is 67.2 Å². The first-order valence-corrected chi connectivity index (χ1v) is 10.9. The van der Waals surface area contributed by atoms with Crippen molar-refractivity contribution in [3.05, 3.63) is 30.4 Å². The van der Waals surface area contributed by atoms with E-state index < -0.39 is 11.0 Å². The number of carbonyl (C=O) groups excluding carboxylic acids is 1. The molecule has 1 aliphatic carbocycles. The molecule has 0 aromatic carbocycles. The molecule has 3 rings (SSSR count). The lowest BCUT2D eigenvalue weighted by atomic mass is 9.70. The van der Waals surface area contributed by atoms with Crippen molar-refractivity contribution in [2.75, 3.05) is 5.32 Å². The van der Waals surface area contributed by atoms with Crippen molar-refractivity contribution in [1.29, 1.82) is 0 Å².